The number of hydrogen-bond donors (Lipinski definition) is 3. The van der Waals surface area contributed by atoms with E-state index in [4.69, 9.17) is 17.3 Å². The third-order valence-corrected chi connectivity index (χ3v) is 5.64. The molecular weight excluding hydrogens is 506 g/mol. The van der Waals surface area contributed by atoms with Gasteiger partial charge in [-0.25, -0.2) is 9.97 Å². The molecule has 0 saturated heterocycles. The van der Waals surface area contributed by atoms with E-state index in [1.165, 1.54) is 6.33 Å². The molecular formula is C24H17BrClN5O2. The Morgan fingerprint density at radius 2 is 1.73 bits per heavy atom. The minimum Gasteiger partial charge on any atom is -0.366 e. The van der Waals surface area contributed by atoms with E-state index >= 15 is 0 Å². The van der Waals surface area contributed by atoms with Gasteiger partial charge in [0.25, 0.3) is 0 Å². The van der Waals surface area contributed by atoms with E-state index in [9.17, 15) is 9.59 Å². The Morgan fingerprint density at radius 1 is 0.970 bits per heavy atom. The second-order valence-corrected chi connectivity index (χ2v) is 8.31. The number of nitrogens with one attached hydrogen (secondary N) is 2. The fourth-order valence-corrected chi connectivity index (χ4v) is 3.72. The molecule has 0 atom stereocenters. The number of hydrogen-bond acceptors (Lipinski definition) is 6. The Labute approximate surface area is 202 Å². The van der Waals surface area contributed by atoms with Crippen LogP contribution >= 0.6 is 27.5 Å². The summed E-state index contributed by atoms with van der Waals surface area (Å²) in [5, 5.41) is 7.69. The van der Waals surface area contributed by atoms with Crippen LogP contribution in [0.25, 0.3) is 16.5 Å². The summed E-state index contributed by atoms with van der Waals surface area (Å²) in [6, 6.07) is 18.4. The molecule has 33 heavy (non-hydrogen) atoms. The van der Waals surface area contributed by atoms with E-state index in [0.717, 1.165) is 21.9 Å². The number of allylic oxidation sites excluding steroid dienone is 1. The number of primary amides is 1. The summed E-state index contributed by atoms with van der Waals surface area (Å²) >= 11 is 9.91. The van der Waals surface area contributed by atoms with Crippen molar-refractivity contribution < 1.29 is 9.59 Å². The van der Waals surface area contributed by atoms with Crippen molar-refractivity contribution in [1.29, 1.82) is 0 Å². The third-order valence-electron chi connectivity index (χ3n) is 4.80. The molecule has 0 fully saturated rings. The fraction of sp³-hybridized carbons (Fsp3) is 0. The number of rotatable bonds is 7. The summed E-state index contributed by atoms with van der Waals surface area (Å²) < 4.78 is 0.989. The van der Waals surface area contributed by atoms with Crippen molar-refractivity contribution in [3.8, 4) is 0 Å². The standard InChI is InChI=1S/C24H17BrClN5O2/c25-15-2-4-16(5-3-15)30-22-8-6-17(12-20(22)26)31-24-19-11-14(18(9-10-32)23(27)33)1-7-21(19)28-13-29-24/h1-13,30H,(H2,27,33)(H,28,29,31). The van der Waals surface area contributed by atoms with Gasteiger partial charge < -0.3 is 16.4 Å². The molecule has 3 aromatic carbocycles. The average Bonchev–Trinajstić information content (AvgIpc) is 2.80. The SMILES string of the molecule is NC(=O)C(=CC=O)c1ccc2ncnc(Nc3ccc(Nc4ccc(Br)cc4)c(Cl)c3)c2c1. The van der Waals surface area contributed by atoms with E-state index < -0.39 is 5.91 Å². The van der Waals surface area contributed by atoms with Gasteiger partial charge in [-0.1, -0.05) is 33.6 Å². The number of aldehydes is 1. The van der Waals surface area contributed by atoms with Crippen molar-refractivity contribution in [1.82, 2.24) is 9.97 Å². The van der Waals surface area contributed by atoms with Crippen LogP contribution in [0.3, 0.4) is 0 Å². The topological polar surface area (TPSA) is 110 Å². The number of halogens is 2. The molecule has 4 N–H and O–H groups in total. The minimum atomic E-state index is -0.701. The Bertz CT molecular complexity index is 1390. The number of benzene rings is 3. The second kappa shape index (κ2) is 9.81. The highest BCUT2D eigenvalue weighted by atomic mass is 79.9. The molecule has 0 radical (unpaired) electrons. The van der Waals surface area contributed by atoms with Gasteiger partial charge in [-0.3, -0.25) is 9.59 Å². The van der Waals surface area contributed by atoms with Crippen molar-refractivity contribution in [3.63, 3.8) is 0 Å². The van der Waals surface area contributed by atoms with Crippen LogP contribution < -0.4 is 16.4 Å². The normalized spacial score (nSPS) is 11.3. The molecule has 0 saturated carbocycles. The zero-order valence-electron chi connectivity index (χ0n) is 17.0. The fourth-order valence-electron chi connectivity index (χ4n) is 3.23. The van der Waals surface area contributed by atoms with Crippen LogP contribution in [-0.2, 0) is 9.59 Å². The molecule has 4 aromatic rings. The second-order valence-electron chi connectivity index (χ2n) is 6.99. The molecule has 0 spiro atoms. The molecule has 7 nitrogen and oxygen atoms in total. The number of fused-ring (bicyclic) bond motifs is 1. The summed E-state index contributed by atoms with van der Waals surface area (Å²) in [5.41, 5.74) is 9.05. The monoisotopic (exact) mass is 521 g/mol. The number of amides is 1. The molecule has 0 aliphatic carbocycles. The molecule has 9 heteroatoms. The number of anilines is 4. The zero-order chi connectivity index (χ0) is 23.4. The molecule has 0 aliphatic rings. The lowest BCUT2D eigenvalue weighted by atomic mass is 10.0. The van der Waals surface area contributed by atoms with Crippen molar-refractivity contribution in [2.45, 2.75) is 0 Å². The number of aromatic nitrogens is 2. The minimum absolute atomic E-state index is 0.105. The molecule has 164 valence electrons. The molecule has 0 aliphatic heterocycles. The van der Waals surface area contributed by atoms with Crippen LogP contribution in [0.4, 0.5) is 22.9 Å². The highest BCUT2D eigenvalue weighted by Gasteiger charge is 2.12. The van der Waals surface area contributed by atoms with Crippen LogP contribution in [0.15, 0.2) is 77.5 Å². The summed E-state index contributed by atoms with van der Waals surface area (Å²) in [6.07, 6.45) is 3.10. The van der Waals surface area contributed by atoms with Gasteiger partial charge in [0, 0.05) is 26.8 Å². The van der Waals surface area contributed by atoms with Crippen LogP contribution in [0.5, 0.6) is 0 Å². The lowest BCUT2D eigenvalue weighted by Crippen LogP contribution is -2.13. The first-order chi connectivity index (χ1) is 15.9. The van der Waals surface area contributed by atoms with Gasteiger partial charge in [0.15, 0.2) is 0 Å². The molecule has 0 bridgehead atoms. The van der Waals surface area contributed by atoms with Crippen molar-refractivity contribution >= 4 is 79.1 Å². The van der Waals surface area contributed by atoms with E-state index in [1.54, 1.807) is 24.3 Å². The van der Waals surface area contributed by atoms with Gasteiger partial charge in [0.2, 0.25) is 5.91 Å². The summed E-state index contributed by atoms with van der Waals surface area (Å²) in [4.78, 5) is 31.3. The Hall–Kier alpha value is -3.75. The molecule has 1 aromatic heterocycles. The van der Waals surface area contributed by atoms with Gasteiger partial charge in [0.1, 0.15) is 18.4 Å². The lowest BCUT2D eigenvalue weighted by Gasteiger charge is -2.13. The van der Waals surface area contributed by atoms with Crippen molar-refractivity contribution in [2.24, 2.45) is 5.73 Å². The van der Waals surface area contributed by atoms with Crippen molar-refractivity contribution in [2.75, 3.05) is 10.6 Å². The number of carbonyl (C=O) groups excluding carboxylic acids is 2. The predicted octanol–water partition coefficient (Wildman–Crippen LogP) is 5.60. The molecule has 1 amide bonds. The van der Waals surface area contributed by atoms with Gasteiger partial charge in [-0.2, -0.15) is 0 Å². The zero-order valence-corrected chi connectivity index (χ0v) is 19.4. The number of nitrogens with zero attached hydrogens (tertiary/aromatic N) is 2. The lowest BCUT2D eigenvalue weighted by molar-refractivity contribution is -0.113. The van der Waals surface area contributed by atoms with E-state index in [1.807, 2.05) is 36.4 Å². The Balaban J connectivity index is 1.64. The van der Waals surface area contributed by atoms with Crippen LogP contribution in [-0.4, -0.2) is 22.2 Å². The summed E-state index contributed by atoms with van der Waals surface area (Å²) in [5.74, 6) is -0.185. The maximum absolute atomic E-state index is 11.7. The quantitative estimate of drug-likeness (QED) is 0.215. The molecule has 4 rings (SSSR count). The van der Waals surface area contributed by atoms with Crippen LogP contribution in [0.2, 0.25) is 5.02 Å². The van der Waals surface area contributed by atoms with E-state index in [2.05, 4.69) is 36.5 Å². The molecule has 0 unspecified atom stereocenters. The third kappa shape index (κ3) is 5.19. The first-order valence-corrected chi connectivity index (χ1v) is 10.9. The molecule has 1 heterocycles. The Kier molecular flexibility index (Phi) is 6.67. The maximum atomic E-state index is 11.7. The number of carbonyl (C=O) groups is 2. The number of nitrogens with two attached hydrogens (primary N) is 1. The van der Waals surface area contributed by atoms with Crippen molar-refractivity contribution in [3.05, 3.63) is 88.1 Å². The van der Waals surface area contributed by atoms with E-state index in [0.29, 0.717) is 39.3 Å². The van der Waals surface area contributed by atoms with Gasteiger partial charge in [-0.05, 0) is 66.2 Å². The van der Waals surface area contributed by atoms with Crippen LogP contribution in [0, 0.1) is 0 Å². The smallest absolute Gasteiger partial charge is 0.249 e. The first-order valence-electron chi connectivity index (χ1n) is 9.74. The van der Waals surface area contributed by atoms with E-state index in [-0.39, 0.29) is 5.57 Å². The maximum Gasteiger partial charge on any atom is 0.249 e. The highest BCUT2D eigenvalue weighted by Crippen LogP contribution is 2.32. The average molecular weight is 523 g/mol. The summed E-state index contributed by atoms with van der Waals surface area (Å²) in [7, 11) is 0. The Morgan fingerprint density at radius 3 is 2.42 bits per heavy atom. The highest BCUT2D eigenvalue weighted by molar-refractivity contribution is 9.10. The van der Waals surface area contributed by atoms with Gasteiger partial charge in [0.05, 0.1) is 16.2 Å². The van der Waals surface area contributed by atoms with Gasteiger partial charge >= 0.3 is 0 Å². The van der Waals surface area contributed by atoms with Crippen LogP contribution in [0.1, 0.15) is 5.56 Å². The first kappa shape index (κ1) is 22.4. The van der Waals surface area contributed by atoms with Gasteiger partial charge in [-0.15, -0.1) is 0 Å². The predicted molar refractivity (Wildman–Crippen MR) is 135 cm³/mol. The summed E-state index contributed by atoms with van der Waals surface area (Å²) in [6.45, 7) is 0. The largest absolute Gasteiger partial charge is 0.366 e.